The van der Waals surface area contributed by atoms with Gasteiger partial charge in [0.15, 0.2) is 0 Å². The zero-order chi connectivity index (χ0) is 11.7. The molecule has 0 aliphatic rings. The molecular formula is C10H12N4O2. The van der Waals surface area contributed by atoms with E-state index >= 15 is 0 Å². The lowest BCUT2D eigenvalue weighted by Gasteiger charge is -1.97. The van der Waals surface area contributed by atoms with Crippen molar-refractivity contribution in [3.05, 3.63) is 34.7 Å². The Bertz CT molecular complexity index is 609. The zero-order valence-corrected chi connectivity index (χ0v) is 8.79. The summed E-state index contributed by atoms with van der Waals surface area (Å²) in [4.78, 5) is 12.0. The molecule has 6 nitrogen and oxygen atoms in total. The minimum Gasteiger partial charge on any atom is -0.408 e. The Morgan fingerprint density at radius 1 is 1.44 bits per heavy atom. The summed E-state index contributed by atoms with van der Waals surface area (Å²) in [6, 6.07) is 7.20. The summed E-state index contributed by atoms with van der Waals surface area (Å²) in [6.45, 7) is 2.40. The van der Waals surface area contributed by atoms with Crippen LogP contribution in [0, 0.1) is 0 Å². The van der Waals surface area contributed by atoms with Gasteiger partial charge in [0.25, 0.3) is 0 Å². The van der Waals surface area contributed by atoms with Crippen molar-refractivity contribution in [3.8, 4) is 0 Å². The number of benzene rings is 1. The van der Waals surface area contributed by atoms with Crippen molar-refractivity contribution in [2.24, 2.45) is 10.9 Å². The summed E-state index contributed by atoms with van der Waals surface area (Å²) in [7, 11) is 0. The van der Waals surface area contributed by atoms with Gasteiger partial charge in [-0.1, -0.05) is 17.3 Å². The van der Waals surface area contributed by atoms with Gasteiger partial charge in [0.05, 0.1) is 11.0 Å². The topological polar surface area (TPSA) is 85.5 Å². The molecular weight excluding hydrogens is 208 g/mol. The van der Waals surface area contributed by atoms with Gasteiger partial charge in [0, 0.05) is 6.54 Å². The van der Waals surface area contributed by atoms with E-state index in [1.165, 1.54) is 4.57 Å². The van der Waals surface area contributed by atoms with E-state index in [2.05, 4.69) is 5.16 Å². The molecule has 2 aromatic rings. The van der Waals surface area contributed by atoms with Crippen molar-refractivity contribution in [1.82, 2.24) is 9.13 Å². The van der Waals surface area contributed by atoms with Crippen molar-refractivity contribution in [2.45, 2.75) is 13.5 Å². The van der Waals surface area contributed by atoms with Gasteiger partial charge in [-0.2, -0.15) is 0 Å². The normalized spacial score (nSPS) is 12.2. The van der Waals surface area contributed by atoms with Crippen molar-refractivity contribution < 1.29 is 5.21 Å². The van der Waals surface area contributed by atoms with Gasteiger partial charge in [0.2, 0.25) is 5.96 Å². The first-order chi connectivity index (χ1) is 7.70. The second-order valence-electron chi connectivity index (χ2n) is 3.31. The van der Waals surface area contributed by atoms with E-state index in [1.54, 1.807) is 16.7 Å². The average Bonchev–Trinajstić information content (AvgIpc) is 2.60. The van der Waals surface area contributed by atoms with E-state index in [4.69, 9.17) is 10.9 Å². The first-order valence-electron chi connectivity index (χ1n) is 4.89. The monoisotopic (exact) mass is 220 g/mol. The second-order valence-corrected chi connectivity index (χ2v) is 3.31. The van der Waals surface area contributed by atoms with Crippen LogP contribution in [0.5, 0.6) is 0 Å². The van der Waals surface area contributed by atoms with E-state index in [1.807, 2.05) is 19.1 Å². The molecule has 0 aliphatic carbocycles. The van der Waals surface area contributed by atoms with Gasteiger partial charge in [-0.05, 0) is 19.1 Å². The van der Waals surface area contributed by atoms with Crippen LogP contribution in [-0.4, -0.2) is 20.3 Å². The Morgan fingerprint density at radius 3 is 2.62 bits per heavy atom. The fourth-order valence-electron chi connectivity index (χ4n) is 1.78. The van der Waals surface area contributed by atoms with Crippen molar-refractivity contribution in [2.75, 3.05) is 0 Å². The smallest absolute Gasteiger partial charge is 0.336 e. The molecule has 16 heavy (non-hydrogen) atoms. The van der Waals surface area contributed by atoms with Crippen LogP contribution >= 0.6 is 0 Å². The third kappa shape index (κ3) is 1.27. The summed E-state index contributed by atoms with van der Waals surface area (Å²) in [5.41, 5.74) is 6.57. The molecule has 84 valence electrons. The Kier molecular flexibility index (Phi) is 2.40. The Morgan fingerprint density at radius 2 is 2.06 bits per heavy atom. The summed E-state index contributed by atoms with van der Waals surface area (Å²) < 4.78 is 2.74. The number of para-hydroxylation sites is 2. The number of hydrogen-bond donors (Lipinski definition) is 2. The van der Waals surface area contributed by atoms with E-state index in [9.17, 15) is 4.79 Å². The molecule has 0 saturated heterocycles. The highest BCUT2D eigenvalue weighted by Gasteiger charge is 2.13. The highest BCUT2D eigenvalue weighted by Crippen LogP contribution is 2.11. The zero-order valence-electron chi connectivity index (χ0n) is 8.79. The van der Waals surface area contributed by atoms with Crippen LogP contribution in [-0.2, 0) is 6.54 Å². The van der Waals surface area contributed by atoms with Gasteiger partial charge < -0.3 is 10.9 Å². The fourth-order valence-corrected chi connectivity index (χ4v) is 1.78. The van der Waals surface area contributed by atoms with Crippen molar-refractivity contribution in [3.63, 3.8) is 0 Å². The molecule has 0 spiro atoms. The summed E-state index contributed by atoms with van der Waals surface area (Å²) in [5, 5.41) is 11.5. The predicted molar refractivity (Wildman–Crippen MR) is 60.7 cm³/mol. The quantitative estimate of drug-likeness (QED) is 0.315. The van der Waals surface area contributed by atoms with Crippen LogP contribution in [0.15, 0.2) is 34.2 Å². The molecule has 2 rings (SSSR count). The maximum Gasteiger partial charge on any atom is 0.336 e. The number of aryl methyl sites for hydroxylation is 1. The molecule has 0 aliphatic heterocycles. The number of imidazole rings is 1. The SMILES string of the molecule is CCn1c(=O)n(/C(N)=N/O)c2ccccc21. The number of fused-ring (bicyclic) bond motifs is 1. The minimum absolute atomic E-state index is 0.228. The van der Waals surface area contributed by atoms with E-state index < -0.39 is 0 Å². The number of nitrogens with zero attached hydrogens (tertiary/aromatic N) is 3. The summed E-state index contributed by atoms with van der Waals surface area (Å²) >= 11 is 0. The van der Waals surface area contributed by atoms with Crippen molar-refractivity contribution >= 4 is 17.0 Å². The largest absolute Gasteiger partial charge is 0.408 e. The van der Waals surface area contributed by atoms with Crippen molar-refractivity contribution in [1.29, 1.82) is 0 Å². The molecule has 0 fully saturated rings. The van der Waals surface area contributed by atoms with Crippen LogP contribution in [0.4, 0.5) is 0 Å². The number of oxime groups is 1. The molecule has 1 aromatic carbocycles. The van der Waals surface area contributed by atoms with Gasteiger partial charge in [-0.3, -0.25) is 4.57 Å². The van der Waals surface area contributed by atoms with E-state index in [-0.39, 0.29) is 11.6 Å². The molecule has 0 bridgehead atoms. The first kappa shape index (κ1) is 10.3. The van der Waals surface area contributed by atoms with Crippen LogP contribution in [0.25, 0.3) is 11.0 Å². The lowest BCUT2D eigenvalue weighted by molar-refractivity contribution is 0.316. The number of aromatic nitrogens is 2. The lowest BCUT2D eigenvalue weighted by atomic mass is 10.3. The highest BCUT2D eigenvalue weighted by molar-refractivity contribution is 5.91. The second kappa shape index (κ2) is 3.73. The molecule has 1 aromatic heterocycles. The Hall–Kier alpha value is -2.24. The Balaban J connectivity index is 2.94. The van der Waals surface area contributed by atoms with Crippen LogP contribution in [0.1, 0.15) is 6.92 Å². The minimum atomic E-state index is -0.306. The number of rotatable bonds is 1. The van der Waals surface area contributed by atoms with Gasteiger partial charge >= 0.3 is 5.69 Å². The van der Waals surface area contributed by atoms with E-state index in [0.29, 0.717) is 12.1 Å². The summed E-state index contributed by atoms with van der Waals surface area (Å²) in [6.07, 6.45) is 0. The Labute approximate surface area is 91.2 Å². The molecule has 0 radical (unpaired) electrons. The molecule has 0 unspecified atom stereocenters. The maximum atomic E-state index is 12.0. The number of nitrogens with two attached hydrogens (primary N) is 1. The first-order valence-corrected chi connectivity index (χ1v) is 4.89. The third-order valence-electron chi connectivity index (χ3n) is 2.48. The standard InChI is InChI=1S/C10H12N4O2/c1-2-13-7-5-3-4-6-8(7)14(10(13)15)9(11)12-16/h3-6,16H,2H2,1H3,(H2,11,12). The molecule has 6 heteroatoms. The molecule has 0 amide bonds. The van der Waals surface area contributed by atoms with Gasteiger partial charge in [-0.25, -0.2) is 9.36 Å². The summed E-state index contributed by atoms with van der Waals surface area (Å²) in [5.74, 6) is -0.228. The highest BCUT2D eigenvalue weighted by atomic mass is 16.4. The molecule has 3 N–H and O–H groups in total. The van der Waals surface area contributed by atoms with Gasteiger partial charge in [0.1, 0.15) is 0 Å². The van der Waals surface area contributed by atoms with Crippen LogP contribution < -0.4 is 11.4 Å². The lowest BCUT2D eigenvalue weighted by Crippen LogP contribution is -2.34. The van der Waals surface area contributed by atoms with Gasteiger partial charge in [-0.15, -0.1) is 0 Å². The molecule has 1 heterocycles. The van der Waals surface area contributed by atoms with E-state index in [0.717, 1.165) is 5.52 Å². The average molecular weight is 220 g/mol. The van der Waals surface area contributed by atoms with Crippen LogP contribution in [0.2, 0.25) is 0 Å². The third-order valence-corrected chi connectivity index (χ3v) is 2.48. The fraction of sp³-hybridized carbons (Fsp3) is 0.200. The predicted octanol–water partition coefficient (Wildman–Crippen LogP) is 0.375. The maximum absolute atomic E-state index is 12.0. The van der Waals surface area contributed by atoms with Crippen LogP contribution in [0.3, 0.4) is 0 Å². The molecule has 0 atom stereocenters. The number of hydrogen-bond acceptors (Lipinski definition) is 3. The molecule has 0 saturated carbocycles.